The Kier molecular flexibility index (Phi) is 3.52. The molecule has 0 aliphatic carbocycles. The molecule has 2 aromatic rings. The average Bonchev–Trinajstić information content (AvgIpc) is 2.76. The summed E-state index contributed by atoms with van der Waals surface area (Å²) in [6.45, 7) is 0.485. The fourth-order valence-electron chi connectivity index (χ4n) is 1.51. The molecule has 0 bridgehead atoms. The molecule has 1 amide bonds. The molecular formula is C11H13N5O2. The van der Waals surface area contributed by atoms with Gasteiger partial charge in [0.15, 0.2) is 0 Å². The lowest BCUT2D eigenvalue weighted by atomic mass is 10.3. The van der Waals surface area contributed by atoms with Crippen molar-refractivity contribution in [2.45, 2.75) is 6.42 Å². The largest absolute Gasteiger partial charge is 0.350 e. The van der Waals surface area contributed by atoms with Crippen molar-refractivity contribution in [3.63, 3.8) is 0 Å². The molecule has 0 atom stereocenters. The highest BCUT2D eigenvalue weighted by Gasteiger charge is 2.06. The third kappa shape index (κ3) is 2.82. The first kappa shape index (κ1) is 12.0. The van der Waals surface area contributed by atoms with Crippen molar-refractivity contribution in [2.24, 2.45) is 7.05 Å². The van der Waals surface area contributed by atoms with Crippen LogP contribution in [-0.2, 0) is 13.5 Å². The summed E-state index contributed by atoms with van der Waals surface area (Å²) in [5, 5.41) is 12.6. The summed E-state index contributed by atoms with van der Waals surface area (Å²) in [5.74, 6) is -0.312. The van der Waals surface area contributed by atoms with Crippen LogP contribution in [0.2, 0.25) is 0 Å². The number of aryl methyl sites for hydroxylation is 1. The summed E-state index contributed by atoms with van der Waals surface area (Å²) in [6, 6.07) is 4.55. The van der Waals surface area contributed by atoms with Gasteiger partial charge < -0.3 is 5.32 Å². The number of carbonyl (C=O) groups is 1. The van der Waals surface area contributed by atoms with E-state index in [0.29, 0.717) is 13.0 Å². The quantitative estimate of drug-likeness (QED) is 0.760. The van der Waals surface area contributed by atoms with E-state index in [9.17, 15) is 9.59 Å². The van der Waals surface area contributed by atoms with Crippen molar-refractivity contribution in [1.29, 1.82) is 0 Å². The summed E-state index contributed by atoms with van der Waals surface area (Å²) in [6.07, 6.45) is 2.40. The highest BCUT2D eigenvalue weighted by atomic mass is 16.2. The number of aromatic amines is 1. The molecule has 18 heavy (non-hydrogen) atoms. The lowest BCUT2D eigenvalue weighted by molar-refractivity contribution is 0.0948. The van der Waals surface area contributed by atoms with E-state index in [4.69, 9.17) is 0 Å². The number of nitrogens with one attached hydrogen (secondary N) is 2. The fraction of sp³-hybridized carbons (Fsp3) is 0.273. The summed E-state index contributed by atoms with van der Waals surface area (Å²) in [4.78, 5) is 22.4. The van der Waals surface area contributed by atoms with Crippen LogP contribution in [0.1, 0.15) is 16.2 Å². The molecule has 0 saturated heterocycles. The topological polar surface area (TPSA) is 92.7 Å². The maximum Gasteiger partial charge on any atom is 0.271 e. The van der Waals surface area contributed by atoms with Crippen molar-refractivity contribution in [1.82, 2.24) is 25.3 Å². The first-order chi connectivity index (χ1) is 8.66. The van der Waals surface area contributed by atoms with E-state index in [1.807, 2.05) is 13.1 Å². The normalized spacial score (nSPS) is 10.3. The van der Waals surface area contributed by atoms with Crippen LogP contribution in [-0.4, -0.2) is 32.4 Å². The van der Waals surface area contributed by atoms with E-state index in [2.05, 4.69) is 20.6 Å². The molecule has 2 heterocycles. The number of nitrogens with zero attached hydrogens (tertiary/aromatic N) is 3. The first-order valence-corrected chi connectivity index (χ1v) is 5.47. The van der Waals surface area contributed by atoms with Crippen molar-refractivity contribution in [3.05, 3.63) is 46.1 Å². The van der Waals surface area contributed by atoms with Crippen molar-refractivity contribution in [2.75, 3.05) is 6.54 Å². The fourth-order valence-corrected chi connectivity index (χ4v) is 1.51. The van der Waals surface area contributed by atoms with Gasteiger partial charge in [0, 0.05) is 38.0 Å². The summed E-state index contributed by atoms with van der Waals surface area (Å²) < 4.78 is 1.75. The van der Waals surface area contributed by atoms with Crippen molar-refractivity contribution >= 4 is 5.91 Å². The summed E-state index contributed by atoms with van der Waals surface area (Å²) in [5.41, 5.74) is 0.894. The Morgan fingerprint density at radius 3 is 2.89 bits per heavy atom. The molecule has 0 unspecified atom stereocenters. The van der Waals surface area contributed by atoms with E-state index in [1.54, 1.807) is 10.9 Å². The van der Waals surface area contributed by atoms with Gasteiger partial charge in [0.1, 0.15) is 5.69 Å². The van der Waals surface area contributed by atoms with Crippen LogP contribution in [0.3, 0.4) is 0 Å². The molecule has 0 saturated carbocycles. The zero-order chi connectivity index (χ0) is 13.0. The smallest absolute Gasteiger partial charge is 0.271 e. The predicted molar refractivity (Wildman–Crippen MR) is 64.1 cm³/mol. The molecule has 0 aromatic carbocycles. The van der Waals surface area contributed by atoms with Gasteiger partial charge >= 0.3 is 0 Å². The van der Waals surface area contributed by atoms with Crippen LogP contribution >= 0.6 is 0 Å². The van der Waals surface area contributed by atoms with Crippen LogP contribution in [0, 0.1) is 0 Å². The molecule has 7 nitrogen and oxygen atoms in total. The molecule has 2 N–H and O–H groups in total. The van der Waals surface area contributed by atoms with Gasteiger partial charge in [-0.1, -0.05) is 0 Å². The minimum absolute atomic E-state index is 0.194. The molecule has 2 rings (SSSR count). The maximum absolute atomic E-state index is 11.7. The predicted octanol–water partition coefficient (Wildman–Crippen LogP) is -0.524. The van der Waals surface area contributed by atoms with Gasteiger partial charge in [-0.25, -0.2) is 5.10 Å². The standard InChI is InChI=1S/C11H13N5O2/c1-16-8(5-7-13-16)4-6-12-11(18)9-2-3-10(17)15-14-9/h2-3,5,7H,4,6H2,1H3,(H,12,18)(H,15,17). The SMILES string of the molecule is Cn1nccc1CCNC(=O)c1ccc(=O)[nH]n1. The number of amides is 1. The Hall–Kier alpha value is -2.44. The Morgan fingerprint density at radius 2 is 2.28 bits per heavy atom. The summed E-state index contributed by atoms with van der Waals surface area (Å²) in [7, 11) is 1.85. The monoisotopic (exact) mass is 247 g/mol. The lowest BCUT2D eigenvalue weighted by Crippen LogP contribution is -2.28. The van der Waals surface area contributed by atoms with E-state index in [1.165, 1.54) is 12.1 Å². The third-order valence-electron chi connectivity index (χ3n) is 2.50. The Balaban J connectivity index is 1.87. The van der Waals surface area contributed by atoms with E-state index in [0.717, 1.165) is 5.69 Å². The second-order valence-electron chi connectivity index (χ2n) is 3.76. The molecule has 94 valence electrons. The van der Waals surface area contributed by atoms with Gasteiger partial charge in [-0.05, 0) is 12.1 Å². The van der Waals surface area contributed by atoms with Gasteiger partial charge in [0.05, 0.1) is 0 Å². The van der Waals surface area contributed by atoms with Crippen LogP contribution in [0.15, 0.2) is 29.2 Å². The molecule has 7 heteroatoms. The number of hydrogen-bond donors (Lipinski definition) is 2. The molecule has 2 aromatic heterocycles. The Morgan fingerprint density at radius 1 is 1.44 bits per heavy atom. The third-order valence-corrected chi connectivity index (χ3v) is 2.50. The number of hydrogen-bond acceptors (Lipinski definition) is 4. The van der Waals surface area contributed by atoms with Crippen LogP contribution < -0.4 is 10.9 Å². The zero-order valence-corrected chi connectivity index (χ0v) is 9.88. The highest BCUT2D eigenvalue weighted by Crippen LogP contribution is 1.96. The summed E-state index contributed by atoms with van der Waals surface area (Å²) >= 11 is 0. The molecule has 0 aliphatic heterocycles. The average molecular weight is 247 g/mol. The number of aromatic nitrogens is 4. The second kappa shape index (κ2) is 5.26. The van der Waals surface area contributed by atoms with E-state index in [-0.39, 0.29) is 17.2 Å². The molecule has 0 aliphatic rings. The molecular weight excluding hydrogens is 234 g/mol. The van der Waals surface area contributed by atoms with E-state index < -0.39 is 0 Å². The van der Waals surface area contributed by atoms with Crippen molar-refractivity contribution < 1.29 is 4.79 Å². The van der Waals surface area contributed by atoms with E-state index >= 15 is 0 Å². The van der Waals surface area contributed by atoms with Crippen LogP contribution in [0.25, 0.3) is 0 Å². The first-order valence-electron chi connectivity index (χ1n) is 5.47. The van der Waals surface area contributed by atoms with Crippen LogP contribution in [0.5, 0.6) is 0 Å². The minimum Gasteiger partial charge on any atom is -0.350 e. The van der Waals surface area contributed by atoms with Gasteiger partial charge in [0.2, 0.25) is 0 Å². The molecule has 0 spiro atoms. The van der Waals surface area contributed by atoms with Gasteiger partial charge in [-0.15, -0.1) is 0 Å². The minimum atomic E-state index is -0.332. The molecule has 0 fully saturated rings. The zero-order valence-electron chi connectivity index (χ0n) is 9.88. The molecule has 0 radical (unpaired) electrons. The Bertz CT molecular complexity index is 581. The Labute approximate surface area is 103 Å². The number of rotatable bonds is 4. The van der Waals surface area contributed by atoms with Gasteiger partial charge in [0.25, 0.3) is 11.5 Å². The van der Waals surface area contributed by atoms with Gasteiger partial charge in [-0.2, -0.15) is 10.2 Å². The van der Waals surface area contributed by atoms with Crippen LogP contribution in [0.4, 0.5) is 0 Å². The van der Waals surface area contributed by atoms with Crippen molar-refractivity contribution in [3.8, 4) is 0 Å². The number of H-pyrrole nitrogens is 1. The number of carbonyl (C=O) groups excluding carboxylic acids is 1. The maximum atomic E-state index is 11.7. The lowest BCUT2D eigenvalue weighted by Gasteiger charge is -2.04. The highest BCUT2D eigenvalue weighted by molar-refractivity contribution is 5.91. The second-order valence-corrected chi connectivity index (χ2v) is 3.76. The van der Waals surface area contributed by atoms with Gasteiger partial charge in [-0.3, -0.25) is 14.3 Å².